The maximum Gasteiger partial charge on any atom is 0.208 e. The zero-order valence-corrected chi connectivity index (χ0v) is 9.64. The van der Waals surface area contributed by atoms with Crippen LogP contribution in [0.3, 0.4) is 0 Å². The lowest BCUT2D eigenvalue weighted by Gasteiger charge is -2.09. The molecule has 2 aromatic rings. The van der Waals surface area contributed by atoms with Crippen LogP contribution < -0.4 is 5.32 Å². The third kappa shape index (κ3) is 1.74. The third-order valence-corrected chi connectivity index (χ3v) is 2.79. The van der Waals surface area contributed by atoms with Crippen molar-refractivity contribution in [2.24, 2.45) is 7.05 Å². The Hall–Kier alpha value is -2.35. The topological polar surface area (TPSA) is 70.7 Å². The lowest BCUT2D eigenvalue weighted by molar-refractivity contribution is -0.109. The number of rotatable bonds is 3. The summed E-state index contributed by atoms with van der Waals surface area (Å²) < 4.78 is 1.95. The molecule has 0 aliphatic heterocycles. The summed E-state index contributed by atoms with van der Waals surface area (Å²) in [4.78, 5) is 14.6. The van der Waals surface area contributed by atoms with Crippen LogP contribution in [0, 0.1) is 18.3 Å². The van der Waals surface area contributed by atoms with Crippen molar-refractivity contribution in [1.82, 2.24) is 14.9 Å². The molecule has 0 spiro atoms. The molecule has 0 fully saturated rings. The van der Waals surface area contributed by atoms with Gasteiger partial charge in [0.25, 0.3) is 0 Å². The predicted molar refractivity (Wildman–Crippen MR) is 63.0 cm³/mol. The van der Waals surface area contributed by atoms with E-state index in [4.69, 9.17) is 5.26 Å². The number of carbonyl (C=O) groups excluding carboxylic acids is 1. The first kappa shape index (κ1) is 11.1. The summed E-state index contributed by atoms with van der Waals surface area (Å²) in [6.07, 6.45) is 5.89. The molecule has 1 amide bonds. The van der Waals surface area contributed by atoms with Crippen molar-refractivity contribution >= 4 is 17.3 Å². The Balaban J connectivity index is 2.69. The van der Waals surface area contributed by atoms with E-state index < -0.39 is 6.04 Å². The van der Waals surface area contributed by atoms with Gasteiger partial charge in [-0.15, -0.1) is 0 Å². The van der Waals surface area contributed by atoms with Crippen LogP contribution >= 0.6 is 0 Å². The summed E-state index contributed by atoms with van der Waals surface area (Å²) in [5.41, 5.74) is 2.75. The van der Waals surface area contributed by atoms with Crippen molar-refractivity contribution in [1.29, 1.82) is 5.26 Å². The molecule has 0 radical (unpaired) electrons. The molecule has 0 saturated carbocycles. The second kappa shape index (κ2) is 4.26. The number of fused-ring (bicyclic) bond motifs is 1. The minimum Gasteiger partial charge on any atom is -0.349 e. The molecule has 17 heavy (non-hydrogen) atoms. The van der Waals surface area contributed by atoms with Crippen LogP contribution in [0.5, 0.6) is 0 Å². The van der Waals surface area contributed by atoms with Crippen LogP contribution in [-0.4, -0.2) is 16.0 Å². The molecule has 2 heterocycles. The normalized spacial score (nSPS) is 12.1. The molecule has 0 bridgehead atoms. The van der Waals surface area contributed by atoms with Crippen LogP contribution in [-0.2, 0) is 11.8 Å². The van der Waals surface area contributed by atoms with Crippen molar-refractivity contribution < 1.29 is 4.79 Å². The largest absolute Gasteiger partial charge is 0.349 e. The molecule has 1 atom stereocenters. The summed E-state index contributed by atoms with van der Waals surface area (Å²) in [5.74, 6) is 0. The van der Waals surface area contributed by atoms with Crippen LogP contribution in [0.2, 0.25) is 0 Å². The van der Waals surface area contributed by atoms with Gasteiger partial charge >= 0.3 is 0 Å². The fraction of sp³-hybridized carbons (Fsp3) is 0.250. The first-order chi connectivity index (χ1) is 8.19. The molecule has 1 unspecified atom stereocenters. The molecule has 0 aliphatic rings. The number of aryl methyl sites for hydroxylation is 2. The number of nitriles is 1. The number of amides is 1. The van der Waals surface area contributed by atoms with E-state index in [2.05, 4.69) is 16.4 Å². The third-order valence-electron chi connectivity index (χ3n) is 2.79. The lowest BCUT2D eigenvalue weighted by atomic mass is 10.0. The summed E-state index contributed by atoms with van der Waals surface area (Å²) in [5, 5.41) is 12.5. The van der Waals surface area contributed by atoms with Crippen molar-refractivity contribution in [2.45, 2.75) is 13.0 Å². The van der Waals surface area contributed by atoms with E-state index in [0.29, 0.717) is 6.41 Å². The predicted octanol–water partition coefficient (Wildman–Crippen LogP) is 1.19. The van der Waals surface area contributed by atoms with Gasteiger partial charge in [-0.1, -0.05) is 0 Å². The van der Waals surface area contributed by atoms with Gasteiger partial charge in [0.05, 0.1) is 17.8 Å². The van der Waals surface area contributed by atoms with Crippen molar-refractivity contribution in [3.63, 3.8) is 0 Å². The number of pyridine rings is 1. The summed E-state index contributed by atoms with van der Waals surface area (Å²) in [6, 6.07) is 1.39. The Morgan fingerprint density at radius 3 is 3.00 bits per heavy atom. The average molecular weight is 228 g/mol. The summed E-state index contributed by atoms with van der Waals surface area (Å²) in [6.45, 7) is 1.97. The highest BCUT2D eigenvalue weighted by Gasteiger charge is 2.16. The average Bonchev–Trinajstić information content (AvgIpc) is 2.62. The van der Waals surface area contributed by atoms with Crippen LogP contribution in [0.4, 0.5) is 0 Å². The smallest absolute Gasteiger partial charge is 0.208 e. The second-order valence-corrected chi connectivity index (χ2v) is 3.89. The summed E-state index contributed by atoms with van der Waals surface area (Å²) in [7, 11) is 1.93. The van der Waals surface area contributed by atoms with Gasteiger partial charge in [0.2, 0.25) is 6.41 Å². The zero-order chi connectivity index (χ0) is 12.4. The maximum atomic E-state index is 10.5. The Morgan fingerprint density at radius 1 is 1.59 bits per heavy atom. The van der Waals surface area contributed by atoms with Gasteiger partial charge in [-0.3, -0.25) is 9.78 Å². The number of hydrogen-bond donors (Lipinski definition) is 1. The van der Waals surface area contributed by atoms with E-state index in [1.54, 1.807) is 12.4 Å². The Labute approximate surface area is 98.7 Å². The molecular weight excluding hydrogens is 216 g/mol. The fourth-order valence-electron chi connectivity index (χ4n) is 2.07. The minimum absolute atomic E-state index is 0.533. The van der Waals surface area contributed by atoms with Crippen molar-refractivity contribution in [3.05, 3.63) is 29.7 Å². The highest BCUT2D eigenvalue weighted by Crippen LogP contribution is 2.26. The van der Waals surface area contributed by atoms with Crippen LogP contribution in [0.15, 0.2) is 18.6 Å². The zero-order valence-electron chi connectivity index (χ0n) is 9.64. The first-order valence-electron chi connectivity index (χ1n) is 5.18. The molecule has 2 rings (SSSR count). The van der Waals surface area contributed by atoms with Gasteiger partial charge in [0, 0.05) is 30.4 Å². The highest BCUT2D eigenvalue weighted by atomic mass is 16.1. The molecular formula is C12H12N4O. The number of aromatic nitrogens is 2. The number of carbonyl (C=O) groups is 1. The first-order valence-corrected chi connectivity index (χ1v) is 5.18. The molecule has 0 saturated heterocycles. The van der Waals surface area contributed by atoms with Gasteiger partial charge in [-0.25, -0.2) is 0 Å². The molecule has 2 aromatic heterocycles. The minimum atomic E-state index is -0.662. The quantitative estimate of drug-likeness (QED) is 0.802. The maximum absolute atomic E-state index is 10.5. The van der Waals surface area contributed by atoms with Gasteiger partial charge < -0.3 is 9.88 Å². The Morgan fingerprint density at radius 2 is 2.35 bits per heavy atom. The molecule has 0 aromatic carbocycles. The highest BCUT2D eigenvalue weighted by molar-refractivity contribution is 5.87. The van der Waals surface area contributed by atoms with E-state index in [1.165, 1.54) is 0 Å². The van der Waals surface area contributed by atoms with E-state index >= 15 is 0 Å². The van der Waals surface area contributed by atoms with Crippen molar-refractivity contribution in [3.8, 4) is 6.07 Å². The van der Waals surface area contributed by atoms with Gasteiger partial charge in [0.1, 0.15) is 6.04 Å². The molecule has 5 nitrogen and oxygen atoms in total. The van der Waals surface area contributed by atoms with Gasteiger partial charge in [-0.2, -0.15) is 5.26 Å². The van der Waals surface area contributed by atoms with E-state index in [-0.39, 0.29) is 0 Å². The standard InChI is InChI=1S/C12H12N4O/c1-8-6-16(2)11-5-14-4-9(12(8)11)10(3-13)15-7-17/h4-7,10H,1-2H3,(H,15,17). The van der Waals surface area contributed by atoms with E-state index in [1.807, 2.05) is 24.7 Å². The number of hydrogen-bond acceptors (Lipinski definition) is 3. The van der Waals surface area contributed by atoms with E-state index in [9.17, 15) is 4.79 Å². The monoisotopic (exact) mass is 228 g/mol. The Kier molecular flexibility index (Phi) is 2.79. The number of nitrogens with zero attached hydrogens (tertiary/aromatic N) is 3. The second-order valence-electron chi connectivity index (χ2n) is 3.89. The molecule has 1 N–H and O–H groups in total. The lowest BCUT2D eigenvalue weighted by Crippen LogP contribution is -2.18. The molecule has 5 heteroatoms. The van der Waals surface area contributed by atoms with Gasteiger partial charge in [0.15, 0.2) is 0 Å². The van der Waals surface area contributed by atoms with E-state index in [0.717, 1.165) is 22.0 Å². The summed E-state index contributed by atoms with van der Waals surface area (Å²) >= 11 is 0. The van der Waals surface area contributed by atoms with Crippen molar-refractivity contribution in [2.75, 3.05) is 0 Å². The van der Waals surface area contributed by atoms with Gasteiger partial charge in [-0.05, 0) is 12.5 Å². The van der Waals surface area contributed by atoms with Crippen LogP contribution in [0.1, 0.15) is 17.2 Å². The molecule has 86 valence electrons. The SMILES string of the molecule is Cc1cn(C)c2cncc(C(C#N)NC=O)c12. The number of nitrogens with one attached hydrogen (secondary N) is 1. The fourth-order valence-corrected chi connectivity index (χ4v) is 2.07. The Bertz CT molecular complexity index is 609. The van der Waals surface area contributed by atoms with Crippen LogP contribution in [0.25, 0.3) is 10.9 Å². The molecule has 0 aliphatic carbocycles.